The minimum atomic E-state index is 0.991. The van der Waals surface area contributed by atoms with Crippen molar-refractivity contribution in [3.63, 3.8) is 0 Å². The third-order valence-corrected chi connectivity index (χ3v) is 2.85. The summed E-state index contributed by atoms with van der Waals surface area (Å²) in [7, 11) is 2.05. The molecule has 1 saturated carbocycles. The van der Waals surface area contributed by atoms with Crippen molar-refractivity contribution in [3.05, 3.63) is 0 Å². The molecule has 0 aromatic rings. The molecule has 66 valence electrons. The zero-order valence-electron chi connectivity index (χ0n) is 7.90. The van der Waals surface area contributed by atoms with Crippen molar-refractivity contribution in [1.82, 2.24) is 5.32 Å². The van der Waals surface area contributed by atoms with Crippen molar-refractivity contribution in [2.45, 2.75) is 39.0 Å². The van der Waals surface area contributed by atoms with Crippen molar-refractivity contribution in [2.75, 3.05) is 13.6 Å². The molecule has 0 aromatic carbocycles. The van der Waals surface area contributed by atoms with Gasteiger partial charge in [0.1, 0.15) is 0 Å². The van der Waals surface area contributed by atoms with Gasteiger partial charge in [0.2, 0.25) is 0 Å². The molecular formula is C10H21N. The van der Waals surface area contributed by atoms with E-state index in [2.05, 4.69) is 12.2 Å². The van der Waals surface area contributed by atoms with Gasteiger partial charge in [-0.05, 0) is 38.3 Å². The molecule has 1 nitrogen and oxygen atoms in total. The Bertz CT molecular complexity index is 101. The first-order chi connectivity index (χ1) is 5.33. The molecule has 11 heavy (non-hydrogen) atoms. The van der Waals surface area contributed by atoms with Crippen LogP contribution in [0.5, 0.6) is 0 Å². The molecule has 0 aromatic heterocycles. The lowest BCUT2D eigenvalue weighted by Gasteiger charge is -2.26. The second kappa shape index (κ2) is 4.76. The maximum absolute atomic E-state index is 3.23. The minimum absolute atomic E-state index is 0.991. The Balaban J connectivity index is 2.12. The highest BCUT2D eigenvalue weighted by Gasteiger charge is 2.17. The molecule has 1 N–H and O–H groups in total. The largest absolute Gasteiger partial charge is 0.320 e. The summed E-state index contributed by atoms with van der Waals surface area (Å²) in [4.78, 5) is 0. The van der Waals surface area contributed by atoms with Gasteiger partial charge in [0.05, 0.1) is 0 Å². The SMILES string of the molecule is CNCC[C@@H]1CCCC(C)C1. The predicted octanol–water partition coefficient (Wildman–Crippen LogP) is 2.42. The third kappa shape index (κ3) is 3.24. The maximum Gasteiger partial charge on any atom is -0.00493 e. The monoisotopic (exact) mass is 155 g/mol. The summed E-state index contributed by atoms with van der Waals surface area (Å²) in [5, 5.41) is 3.23. The number of hydrogen-bond acceptors (Lipinski definition) is 1. The van der Waals surface area contributed by atoms with E-state index in [0.29, 0.717) is 0 Å². The van der Waals surface area contributed by atoms with E-state index >= 15 is 0 Å². The molecular weight excluding hydrogens is 134 g/mol. The summed E-state index contributed by atoms with van der Waals surface area (Å²) < 4.78 is 0. The Kier molecular flexibility index (Phi) is 3.92. The van der Waals surface area contributed by atoms with E-state index in [1.807, 2.05) is 7.05 Å². The summed E-state index contributed by atoms with van der Waals surface area (Å²) >= 11 is 0. The Morgan fingerprint density at radius 1 is 1.36 bits per heavy atom. The van der Waals surface area contributed by atoms with Crippen LogP contribution in [0.1, 0.15) is 39.0 Å². The second-order valence-electron chi connectivity index (χ2n) is 4.03. The van der Waals surface area contributed by atoms with Crippen molar-refractivity contribution in [2.24, 2.45) is 11.8 Å². The molecule has 1 unspecified atom stereocenters. The topological polar surface area (TPSA) is 12.0 Å². The fourth-order valence-electron chi connectivity index (χ4n) is 2.17. The molecule has 1 aliphatic rings. The van der Waals surface area contributed by atoms with Crippen LogP contribution in [0.4, 0.5) is 0 Å². The van der Waals surface area contributed by atoms with Gasteiger partial charge in [0.25, 0.3) is 0 Å². The highest BCUT2D eigenvalue weighted by molar-refractivity contribution is 4.70. The number of hydrogen-bond donors (Lipinski definition) is 1. The Labute approximate surface area is 70.6 Å². The molecule has 0 aliphatic heterocycles. The summed E-state index contributed by atoms with van der Waals surface area (Å²) in [6.07, 6.45) is 7.28. The fraction of sp³-hybridized carbons (Fsp3) is 1.00. The highest BCUT2D eigenvalue weighted by Crippen LogP contribution is 2.30. The van der Waals surface area contributed by atoms with Gasteiger partial charge in [0.15, 0.2) is 0 Å². The average molecular weight is 155 g/mol. The summed E-state index contributed by atoms with van der Waals surface area (Å²) in [6.45, 7) is 3.60. The molecule has 1 fully saturated rings. The van der Waals surface area contributed by atoms with E-state index < -0.39 is 0 Å². The summed E-state index contributed by atoms with van der Waals surface area (Å²) in [6, 6.07) is 0. The molecule has 0 saturated heterocycles. The van der Waals surface area contributed by atoms with Gasteiger partial charge in [-0.15, -0.1) is 0 Å². The molecule has 1 rings (SSSR count). The van der Waals surface area contributed by atoms with Gasteiger partial charge in [0, 0.05) is 0 Å². The molecule has 1 heteroatoms. The smallest absolute Gasteiger partial charge is 0.00493 e. The van der Waals surface area contributed by atoms with E-state index in [0.717, 1.165) is 11.8 Å². The lowest BCUT2D eigenvalue weighted by Crippen LogP contribution is -2.18. The van der Waals surface area contributed by atoms with Crippen LogP contribution in [0.2, 0.25) is 0 Å². The molecule has 0 spiro atoms. The van der Waals surface area contributed by atoms with Crippen LogP contribution in [0.25, 0.3) is 0 Å². The first kappa shape index (κ1) is 9.05. The molecule has 0 radical (unpaired) electrons. The molecule has 2 atom stereocenters. The van der Waals surface area contributed by atoms with E-state index in [-0.39, 0.29) is 0 Å². The van der Waals surface area contributed by atoms with Crippen molar-refractivity contribution in [3.8, 4) is 0 Å². The number of rotatable bonds is 3. The third-order valence-electron chi connectivity index (χ3n) is 2.85. The van der Waals surface area contributed by atoms with Gasteiger partial charge >= 0.3 is 0 Å². The lowest BCUT2D eigenvalue weighted by molar-refractivity contribution is 0.269. The van der Waals surface area contributed by atoms with E-state index in [4.69, 9.17) is 0 Å². The summed E-state index contributed by atoms with van der Waals surface area (Å²) in [5.74, 6) is 2.01. The quantitative estimate of drug-likeness (QED) is 0.660. The fourth-order valence-corrected chi connectivity index (χ4v) is 2.17. The van der Waals surface area contributed by atoms with Crippen molar-refractivity contribution in [1.29, 1.82) is 0 Å². The number of nitrogens with one attached hydrogen (secondary N) is 1. The van der Waals surface area contributed by atoms with E-state index in [1.165, 1.54) is 38.6 Å². The van der Waals surface area contributed by atoms with Crippen molar-refractivity contribution >= 4 is 0 Å². The van der Waals surface area contributed by atoms with Gasteiger partial charge in [-0.25, -0.2) is 0 Å². The van der Waals surface area contributed by atoms with Gasteiger partial charge < -0.3 is 5.32 Å². The van der Waals surface area contributed by atoms with Crippen LogP contribution in [0.15, 0.2) is 0 Å². The lowest BCUT2D eigenvalue weighted by atomic mass is 9.81. The first-order valence-corrected chi connectivity index (χ1v) is 4.97. The first-order valence-electron chi connectivity index (χ1n) is 4.97. The zero-order chi connectivity index (χ0) is 8.10. The molecule has 1 aliphatic carbocycles. The van der Waals surface area contributed by atoms with Crippen LogP contribution in [0, 0.1) is 11.8 Å². The molecule has 0 amide bonds. The molecule has 0 heterocycles. The standard InChI is InChI=1S/C10H21N/c1-9-4-3-5-10(8-9)6-7-11-2/h9-11H,3-8H2,1-2H3/t9?,10-/m0/s1. The Morgan fingerprint density at radius 2 is 2.18 bits per heavy atom. The van der Waals surface area contributed by atoms with Crippen LogP contribution in [-0.2, 0) is 0 Å². The van der Waals surface area contributed by atoms with Gasteiger partial charge in [-0.2, -0.15) is 0 Å². The Morgan fingerprint density at radius 3 is 2.82 bits per heavy atom. The van der Waals surface area contributed by atoms with Crippen molar-refractivity contribution < 1.29 is 0 Å². The van der Waals surface area contributed by atoms with Crippen LogP contribution in [0.3, 0.4) is 0 Å². The van der Waals surface area contributed by atoms with Crippen LogP contribution >= 0.6 is 0 Å². The van der Waals surface area contributed by atoms with Crippen LogP contribution < -0.4 is 5.32 Å². The normalized spacial score (nSPS) is 32.2. The second-order valence-corrected chi connectivity index (χ2v) is 4.03. The highest BCUT2D eigenvalue weighted by atomic mass is 14.8. The van der Waals surface area contributed by atoms with Gasteiger partial charge in [-0.1, -0.05) is 26.2 Å². The van der Waals surface area contributed by atoms with E-state index in [9.17, 15) is 0 Å². The van der Waals surface area contributed by atoms with Crippen LogP contribution in [-0.4, -0.2) is 13.6 Å². The molecule has 0 bridgehead atoms. The van der Waals surface area contributed by atoms with Gasteiger partial charge in [-0.3, -0.25) is 0 Å². The minimum Gasteiger partial charge on any atom is -0.320 e. The zero-order valence-corrected chi connectivity index (χ0v) is 7.90. The Hall–Kier alpha value is -0.0400. The predicted molar refractivity (Wildman–Crippen MR) is 49.7 cm³/mol. The van der Waals surface area contributed by atoms with E-state index in [1.54, 1.807) is 0 Å². The average Bonchev–Trinajstić information content (AvgIpc) is 2.01. The summed E-state index contributed by atoms with van der Waals surface area (Å²) in [5.41, 5.74) is 0. The maximum atomic E-state index is 3.23.